The molecule has 2 aromatic rings. The van der Waals surface area contributed by atoms with E-state index in [9.17, 15) is 19.8 Å². The molecule has 0 radical (unpaired) electrons. The molecule has 2 rings (SSSR count). The van der Waals surface area contributed by atoms with Gasteiger partial charge in [-0.25, -0.2) is 9.59 Å². The van der Waals surface area contributed by atoms with Crippen molar-refractivity contribution in [1.82, 2.24) is 4.98 Å². The molecule has 0 saturated heterocycles. The number of esters is 1. The molecule has 0 aliphatic rings. The number of benzene rings is 1. The molecule has 7 heteroatoms. The first kappa shape index (κ1) is 17.3. The van der Waals surface area contributed by atoms with E-state index in [0.29, 0.717) is 5.75 Å². The lowest BCUT2D eigenvalue weighted by Gasteiger charge is -2.17. The zero-order valence-corrected chi connectivity index (χ0v) is 13.4. The van der Waals surface area contributed by atoms with E-state index in [1.165, 1.54) is 0 Å². The Kier molecular flexibility index (Phi) is 5.03. The lowest BCUT2D eigenvalue weighted by Crippen LogP contribution is -2.17. The topological polar surface area (TPSA) is 106 Å². The Hall–Kier alpha value is -3.09. The molecule has 126 valence electrons. The second kappa shape index (κ2) is 6.99. The van der Waals surface area contributed by atoms with E-state index in [0.717, 1.165) is 18.9 Å². The highest BCUT2D eigenvalue weighted by atomic mass is 16.5. The summed E-state index contributed by atoms with van der Waals surface area (Å²) in [6, 6.07) is 7.09. The number of aromatic carboxylic acids is 1. The third-order valence-electron chi connectivity index (χ3n) is 3.72. The molecule has 0 spiro atoms. The van der Waals surface area contributed by atoms with E-state index in [4.69, 9.17) is 4.74 Å². The maximum Gasteiger partial charge on any atom is 0.340 e. The number of ether oxygens (including phenoxy) is 2. The van der Waals surface area contributed by atoms with Crippen LogP contribution in [-0.2, 0) is 4.74 Å². The quantitative estimate of drug-likeness (QED) is 0.810. The lowest BCUT2D eigenvalue weighted by molar-refractivity contribution is 0.0578. The standard InChI is InChI=1S/C17H17NO6/c1-9(10-4-6-11(23-2)7-5-10)15-14(17(22)24-3)13(16(20)21)12(19)8-18-15/h4-9,19H,1-3H3,(H,20,21). The van der Waals surface area contributed by atoms with Crippen molar-refractivity contribution in [3.8, 4) is 11.5 Å². The number of aromatic hydroxyl groups is 1. The van der Waals surface area contributed by atoms with Crippen LogP contribution < -0.4 is 4.74 Å². The van der Waals surface area contributed by atoms with E-state index in [1.807, 2.05) is 0 Å². The number of nitrogens with zero attached hydrogens (tertiary/aromatic N) is 1. The van der Waals surface area contributed by atoms with Crippen LogP contribution >= 0.6 is 0 Å². The molecular weight excluding hydrogens is 314 g/mol. The van der Waals surface area contributed by atoms with Gasteiger partial charge in [0, 0.05) is 5.92 Å². The van der Waals surface area contributed by atoms with E-state index in [1.54, 1.807) is 38.3 Å². The largest absolute Gasteiger partial charge is 0.505 e. The fourth-order valence-electron chi connectivity index (χ4n) is 2.42. The Morgan fingerprint density at radius 1 is 1.12 bits per heavy atom. The Morgan fingerprint density at radius 2 is 1.75 bits per heavy atom. The number of carboxylic acid groups (broad SMARTS) is 1. The van der Waals surface area contributed by atoms with Crippen molar-refractivity contribution in [2.24, 2.45) is 0 Å². The molecule has 0 bridgehead atoms. The highest BCUT2D eigenvalue weighted by Gasteiger charge is 2.29. The number of methoxy groups -OCH3 is 2. The minimum absolute atomic E-state index is 0.210. The highest BCUT2D eigenvalue weighted by molar-refractivity contribution is 6.05. The predicted octanol–water partition coefficient (Wildman–Crippen LogP) is 2.43. The van der Waals surface area contributed by atoms with E-state index < -0.39 is 29.2 Å². The number of pyridine rings is 1. The van der Waals surface area contributed by atoms with Gasteiger partial charge in [0.25, 0.3) is 0 Å². The predicted molar refractivity (Wildman–Crippen MR) is 84.7 cm³/mol. The fraction of sp³-hybridized carbons (Fsp3) is 0.235. The Balaban J connectivity index is 2.61. The molecule has 1 heterocycles. The van der Waals surface area contributed by atoms with Crippen LogP contribution in [0.1, 0.15) is 44.8 Å². The zero-order chi connectivity index (χ0) is 17.9. The summed E-state index contributed by atoms with van der Waals surface area (Å²) < 4.78 is 9.77. The summed E-state index contributed by atoms with van der Waals surface area (Å²) >= 11 is 0. The second-order valence-electron chi connectivity index (χ2n) is 5.07. The molecular formula is C17H17NO6. The van der Waals surface area contributed by atoms with Gasteiger partial charge in [0.1, 0.15) is 22.6 Å². The average Bonchev–Trinajstić information content (AvgIpc) is 2.59. The maximum atomic E-state index is 12.1. The number of aromatic nitrogens is 1. The number of hydrogen-bond donors (Lipinski definition) is 2. The van der Waals surface area contributed by atoms with Crippen molar-refractivity contribution in [3.05, 3.63) is 52.8 Å². The molecule has 0 fully saturated rings. The number of hydrogen-bond acceptors (Lipinski definition) is 6. The molecule has 24 heavy (non-hydrogen) atoms. The van der Waals surface area contributed by atoms with Gasteiger partial charge >= 0.3 is 11.9 Å². The van der Waals surface area contributed by atoms with Crippen LogP contribution in [0.4, 0.5) is 0 Å². The van der Waals surface area contributed by atoms with Crippen LogP contribution in [0.2, 0.25) is 0 Å². The summed E-state index contributed by atoms with van der Waals surface area (Å²) in [6.07, 6.45) is 1.02. The van der Waals surface area contributed by atoms with Gasteiger partial charge < -0.3 is 19.7 Å². The molecule has 7 nitrogen and oxygen atoms in total. The fourth-order valence-corrected chi connectivity index (χ4v) is 2.42. The first-order chi connectivity index (χ1) is 11.4. The van der Waals surface area contributed by atoms with Gasteiger partial charge in [-0.3, -0.25) is 4.98 Å². The van der Waals surface area contributed by atoms with Crippen LogP contribution in [-0.4, -0.2) is 41.4 Å². The van der Waals surface area contributed by atoms with Crippen LogP contribution in [0.5, 0.6) is 11.5 Å². The van der Waals surface area contributed by atoms with Crippen molar-refractivity contribution < 1.29 is 29.3 Å². The first-order valence-corrected chi connectivity index (χ1v) is 7.08. The molecule has 0 aliphatic carbocycles. The molecule has 2 N–H and O–H groups in total. The SMILES string of the molecule is COC(=O)c1c(C(C)c2ccc(OC)cc2)ncc(O)c1C(=O)O. The molecule has 1 aromatic heterocycles. The van der Waals surface area contributed by atoms with Crippen molar-refractivity contribution in [1.29, 1.82) is 0 Å². The summed E-state index contributed by atoms with van der Waals surface area (Å²) in [5.41, 5.74) is 0.234. The second-order valence-corrected chi connectivity index (χ2v) is 5.07. The van der Waals surface area contributed by atoms with Crippen LogP contribution in [0.15, 0.2) is 30.5 Å². The van der Waals surface area contributed by atoms with E-state index in [2.05, 4.69) is 9.72 Å². The van der Waals surface area contributed by atoms with Gasteiger partial charge in [-0.15, -0.1) is 0 Å². The molecule has 0 amide bonds. The van der Waals surface area contributed by atoms with Gasteiger partial charge in [-0.1, -0.05) is 19.1 Å². The number of carbonyl (C=O) groups excluding carboxylic acids is 1. The molecule has 0 aliphatic heterocycles. The minimum atomic E-state index is -1.43. The average molecular weight is 331 g/mol. The highest BCUT2D eigenvalue weighted by Crippen LogP contribution is 2.32. The number of carboxylic acids is 1. The maximum absolute atomic E-state index is 12.1. The van der Waals surface area contributed by atoms with Crippen molar-refractivity contribution in [2.45, 2.75) is 12.8 Å². The van der Waals surface area contributed by atoms with Gasteiger partial charge in [0.2, 0.25) is 0 Å². The summed E-state index contributed by atoms with van der Waals surface area (Å²) in [7, 11) is 2.69. The Morgan fingerprint density at radius 3 is 2.25 bits per heavy atom. The third kappa shape index (κ3) is 3.15. The van der Waals surface area contributed by atoms with Crippen molar-refractivity contribution >= 4 is 11.9 Å². The zero-order valence-electron chi connectivity index (χ0n) is 13.4. The smallest absolute Gasteiger partial charge is 0.340 e. The van der Waals surface area contributed by atoms with Crippen molar-refractivity contribution in [3.63, 3.8) is 0 Å². The lowest BCUT2D eigenvalue weighted by atomic mass is 9.91. The summed E-state index contributed by atoms with van der Waals surface area (Å²) in [4.78, 5) is 27.6. The molecule has 1 aromatic carbocycles. The van der Waals surface area contributed by atoms with Crippen LogP contribution in [0.3, 0.4) is 0 Å². The van der Waals surface area contributed by atoms with Gasteiger partial charge in [0.15, 0.2) is 0 Å². The van der Waals surface area contributed by atoms with E-state index >= 15 is 0 Å². The number of carbonyl (C=O) groups is 2. The molecule has 1 unspecified atom stereocenters. The molecule has 0 saturated carbocycles. The summed E-state index contributed by atoms with van der Waals surface area (Å²) in [5, 5.41) is 19.1. The normalized spacial score (nSPS) is 11.6. The van der Waals surface area contributed by atoms with Gasteiger partial charge in [-0.2, -0.15) is 0 Å². The monoisotopic (exact) mass is 331 g/mol. The third-order valence-corrected chi connectivity index (χ3v) is 3.72. The molecule has 1 atom stereocenters. The van der Waals surface area contributed by atoms with E-state index in [-0.39, 0.29) is 11.3 Å². The first-order valence-electron chi connectivity index (χ1n) is 7.08. The van der Waals surface area contributed by atoms with Gasteiger partial charge in [-0.05, 0) is 17.7 Å². The Bertz CT molecular complexity index is 769. The van der Waals surface area contributed by atoms with Crippen LogP contribution in [0.25, 0.3) is 0 Å². The number of rotatable bonds is 5. The summed E-state index contributed by atoms with van der Waals surface area (Å²) in [5.74, 6) is -2.62. The minimum Gasteiger partial charge on any atom is -0.505 e. The van der Waals surface area contributed by atoms with Crippen molar-refractivity contribution in [2.75, 3.05) is 14.2 Å². The van der Waals surface area contributed by atoms with Gasteiger partial charge in [0.05, 0.1) is 26.1 Å². The van der Waals surface area contributed by atoms with Crippen LogP contribution in [0, 0.1) is 0 Å². The Labute approximate surface area is 138 Å². The summed E-state index contributed by atoms with van der Waals surface area (Å²) in [6.45, 7) is 1.78.